The quantitative estimate of drug-likeness (QED) is 0.0413. The number of aliphatic hydroxyl groups excluding tert-OH is 1. The van der Waals surface area contributed by atoms with E-state index in [0.29, 0.717) is 26.1 Å². The third kappa shape index (κ3) is 35.2. The van der Waals surface area contributed by atoms with Gasteiger partial charge in [-0.2, -0.15) is 0 Å². The van der Waals surface area contributed by atoms with E-state index in [1.807, 2.05) is 12.2 Å². The number of rotatable bonds is 36. The van der Waals surface area contributed by atoms with Crippen molar-refractivity contribution in [3.05, 3.63) is 24.3 Å². The van der Waals surface area contributed by atoms with Crippen LogP contribution in [-0.2, 0) is 19.1 Å². The van der Waals surface area contributed by atoms with E-state index >= 15 is 0 Å². The fourth-order valence-electron chi connectivity index (χ4n) is 5.63. The van der Waals surface area contributed by atoms with Gasteiger partial charge in [-0.25, -0.2) is 0 Å². The second-order valence-electron chi connectivity index (χ2n) is 13.0. The molecule has 0 rings (SSSR count). The molecule has 46 heavy (non-hydrogen) atoms. The van der Waals surface area contributed by atoms with E-state index < -0.39 is 0 Å². The summed E-state index contributed by atoms with van der Waals surface area (Å²) in [4.78, 5) is 26.2. The van der Waals surface area contributed by atoms with Crippen LogP contribution in [-0.4, -0.2) is 61.4 Å². The smallest absolute Gasteiger partial charge is 0.306 e. The number of carbonyl (C=O) groups is 2. The van der Waals surface area contributed by atoms with Crippen molar-refractivity contribution in [3.63, 3.8) is 0 Å². The molecule has 0 aliphatic rings. The van der Waals surface area contributed by atoms with E-state index in [2.05, 4.69) is 30.9 Å². The Kier molecular flexibility index (Phi) is 36.4. The van der Waals surface area contributed by atoms with Gasteiger partial charge in [0.2, 0.25) is 0 Å². The lowest BCUT2D eigenvalue weighted by atomic mass is 10.1. The predicted octanol–water partition coefficient (Wildman–Crippen LogP) is 10.7. The fraction of sp³-hybridized carbons (Fsp3) is 0.850. The molecule has 0 aromatic carbocycles. The minimum absolute atomic E-state index is 0.0833. The van der Waals surface area contributed by atoms with Gasteiger partial charge in [-0.3, -0.25) is 9.59 Å². The minimum Gasteiger partial charge on any atom is -0.461 e. The molecule has 0 spiro atoms. The Hall–Kier alpha value is -1.66. The average Bonchev–Trinajstić information content (AvgIpc) is 3.05. The molecule has 0 atom stereocenters. The Labute approximate surface area is 285 Å². The molecule has 0 saturated heterocycles. The van der Waals surface area contributed by atoms with Crippen LogP contribution in [0, 0.1) is 0 Å². The van der Waals surface area contributed by atoms with Crippen molar-refractivity contribution >= 4 is 11.9 Å². The lowest BCUT2D eigenvalue weighted by Crippen LogP contribution is -2.29. The molecule has 0 aromatic heterocycles. The molecule has 0 unspecified atom stereocenters. The summed E-state index contributed by atoms with van der Waals surface area (Å²) >= 11 is 0. The normalized spacial score (nSPS) is 11.7. The lowest BCUT2D eigenvalue weighted by molar-refractivity contribution is -0.143. The molecule has 0 saturated carbocycles. The summed E-state index contributed by atoms with van der Waals surface area (Å²) in [6.45, 7) is 8.27. The van der Waals surface area contributed by atoms with E-state index in [0.717, 1.165) is 96.7 Å². The molecule has 0 aliphatic carbocycles. The highest BCUT2D eigenvalue weighted by molar-refractivity contribution is 5.69. The van der Waals surface area contributed by atoms with Crippen LogP contribution >= 0.6 is 0 Å². The van der Waals surface area contributed by atoms with E-state index in [4.69, 9.17) is 9.47 Å². The number of nitrogens with zero attached hydrogens (tertiary/aromatic N) is 1. The first-order valence-corrected chi connectivity index (χ1v) is 19.6. The van der Waals surface area contributed by atoms with Gasteiger partial charge in [0.15, 0.2) is 0 Å². The van der Waals surface area contributed by atoms with Gasteiger partial charge < -0.3 is 19.5 Å². The summed E-state index contributed by atoms with van der Waals surface area (Å²) in [5.74, 6) is -0.167. The third-order valence-corrected chi connectivity index (χ3v) is 8.59. The molecule has 6 nitrogen and oxygen atoms in total. The summed E-state index contributed by atoms with van der Waals surface area (Å²) < 4.78 is 10.7. The Morgan fingerprint density at radius 1 is 0.478 bits per heavy atom. The second kappa shape index (κ2) is 37.8. The predicted molar refractivity (Wildman–Crippen MR) is 195 cm³/mol. The van der Waals surface area contributed by atoms with Crippen LogP contribution in [0.2, 0.25) is 0 Å². The molecule has 0 bridgehead atoms. The molecular formula is C40H75NO5. The maximum Gasteiger partial charge on any atom is 0.306 e. The Morgan fingerprint density at radius 2 is 0.848 bits per heavy atom. The lowest BCUT2D eigenvalue weighted by Gasteiger charge is -2.21. The van der Waals surface area contributed by atoms with Crippen LogP contribution in [0.3, 0.4) is 0 Å². The molecule has 0 radical (unpaired) electrons. The summed E-state index contributed by atoms with van der Waals surface area (Å²) in [5.41, 5.74) is 0. The second-order valence-corrected chi connectivity index (χ2v) is 13.0. The van der Waals surface area contributed by atoms with Gasteiger partial charge in [0.05, 0.1) is 6.61 Å². The van der Waals surface area contributed by atoms with Gasteiger partial charge in [-0.15, -0.1) is 0 Å². The largest absolute Gasteiger partial charge is 0.461 e. The van der Waals surface area contributed by atoms with Gasteiger partial charge in [0.25, 0.3) is 0 Å². The third-order valence-electron chi connectivity index (χ3n) is 8.59. The van der Waals surface area contributed by atoms with Crippen LogP contribution in [0.1, 0.15) is 181 Å². The Balaban J connectivity index is 3.60. The number of ether oxygens (including phenoxy) is 2. The number of aliphatic hydroxyl groups is 1. The first-order valence-electron chi connectivity index (χ1n) is 19.6. The van der Waals surface area contributed by atoms with E-state index in [1.54, 1.807) is 0 Å². The first kappa shape index (κ1) is 44.3. The zero-order chi connectivity index (χ0) is 33.6. The van der Waals surface area contributed by atoms with Crippen molar-refractivity contribution in [3.8, 4) is 0 Å². The number of unbranched alkanes of at least 4 members (excludes halogenated alkanes) is 20. The number of esters is 2. The van der Waals surface area contributed by atoms with Crippen LogP contribution in [0.25, 0.3) is 0 Å². The molecule has 270 valence electrons. The van der Waals surface area contributed by atoms with Gasteiger partial charge in [-0.05, 0) is 64.5 Å². The van der Waals surface area contributed by atoms with E-state index in [1.165, 1.54) is 77.0 Å². The van der Waals surface area contributed by atoms with Crippen LogP contribution in [0.5, 0.6) is 0 Å². The summed E-state index contributed by atoms with van der Waals surface area (Å²) in [6, 6.07) is 0. The Bertz CT molecular complexity index is 652. The maximum absolute atomic E-state index is 11.9. The topological polar surface area (TPSA) is 76.1 Å². The van der Waals surface area contributed by atoms with E-state index in [-0.39, 0.29) is 18.5 Å². The SMILES string of the molecule is CCCCCCCC/C=C\COC(=O)CCCCCCCN(CCO)CCCCCCCC(=O)OC/C=C\CCCCCCCC. The fourth-order valence-corrected chi connectivity index (χ4v) is 5.63. The maximum atomic E-state index is 11.9. The Morgan fingerprint density at radius 3 is 1.26 bits per heavy atom. The number of allylic oxidation sites excluding steroid dienone is 2. The highest BCUT2D eigenvalue weighted by atomic mass is 16.5. The summed E-state index contributed by atoms with van der Waals surface area (Å²) in [5, 5.41) is 9.45. The van der Waals surface area contributed by atoms with Crippen molar-refractivity contribution in [2.75, 3.05) is 39.5 Å². The number of hydrogen-bond donors (Lipinski definition) is 1. The van der Waals surface area contributed by atoms with Crippen molar-refractivity contribution in [2.45, 2.75) is 181 Å². The highest BCUT2D eigenvalue weighted by Gasteiger charge is 2.06. The zero-order valence-corrected chi connectivity index (χ0v) is 30.5. The molecule has 0 heterocycles. The minimum atomic E-state index is -0.0833. The first-order chi connectivity index (χ1) is 22.6. The van der Waals surface area contributed by atoms with Crippen molar-refractivity contribution in [1.29, 1.82) is 0 Å². The van der Waals surface area contributed by atoms with Crippen LogP contribution in [0.15, 0.2) is 24.3 Å². The highest BCUT2D eigenvalue weighted by Crippen LogP contribution is 2.11. The van der Waals surface area contributed by atoms with Gasteiger partial charge >= 0.3 is 11.9 Å². The van der Waals surface area contributed by atoms with Gasteiger partial charge in [0.1, 0.15) is 13.2 Å². The molecular weight excluding hydrogens is 574 g/mol. The average molecular weight is 650 g/mol. The molecule has 0 aromatic rings. The van der Waals surface area contributed by atoms with Crippen molar-refractivity contribution in [2.24, 2.45) is 0 Å². The summed E-state index contributed by atoms with van der Waals surface area (Å²) in [6.07, 6.45) is 37.9. The van der Waals surface area contributed by atoms with Gasteiger partial charge in [-0.1, -0.05) is 141 Å². The summed E-state index contributed by atoms with van der Waals surface area (Å²) in [7, 11) is 0. The van der Waals surface area contributed by atoms with Crippen LogP contribution < -0.4 is 0 Å². The number of hydrogen-bond acceptors (Lipinski definition) is 6. The molecule has 0 fully saturated rings. The molecule has 0 amide bonds. The zero-order valence-electron chi connectivity index (χ0n) is 30.5. The molecule has 1 N–H and O–H groups in total. The standard InChI is InChI=1S/C40H75NO5/c1-3-5-7-9-11-13-15-23-29-37-45-39(43)31-25-19-17-21-27-33-41(35-36-42)34-28-22-18-20-26-32-40(44)46-38-30-24-16-14-12-10-8-6-4-2/h23-24,29-30,42H,3-22,25-28,31-38H2,1-2H3/b29-23-,30-24-. The molecule has 0 aliphatic heterocycles. The van der Waals surface area contributed by atoms with Crippen molar-refractivity contribution in [1.82, 2.24) is 4.90 Å². The number of carbonyl (C=O) groups excluding carboxylic acids is 2. The van der Waals surface area contributed by atoms with E-state index in [9.17, 15) is 14.7 Å². The van der Waals surface area contributed by atoms with Crippen LogP contribution in [0.4, 0.5) is 0 Å². The van der Waals surface area contributed by atoms with Gasteiger partial charge in [0, 0.05) is 19.4 Å². The monoisotopic (exact) mass is 650 g/mol. The van der Waals surface area contributed by atoms with Crippen molar-refractivity contribution < 1.29 is 24.2 Å². The molecule has 6 heteroatoms.